The molecule has 0 heterocycles. The van der Waals surface area contributed by atoms with Crippen molar-refractivity contribution < 1.29 is 18.3 Å². The van der Waals surface area contributed by atoms with Gasteiger partial charge in [-0.1, -0.05) is 35.9 Å². The highest BCUT2D eigenvalue weighted by Gasteiger charge is 2.15. The van der Waals surface area contributed by atoms with Crippen LogP contribution in [0.15, 0.2) is 53.4 Å². The Morgan fingerprint density at radius 3 is 2.23 bits per heavy atom. The molecule has 0 saturated heterocycles. The van der Waals surface area contributed by atoms with Crippen LogP contribution in [0.4, 0.5) is 0 Å². The number of carbonyl (C=O) groups is 1. The van der Waals surface area contributed by atoms with E-state index in [1.807, 2.05) is 0 Å². The van der Waals surface area contributed by atoms with E-state index in [-0.39, 0.29) is 17.9 Å². The molecule has 0 atom stereocenters. The van der Waals surface area contributed by atoms with Crippen LogP contribution in [0.5, 0.6) is 0 Å². The van der Waals surface area contributed by atoms with Crippen LogP contribution in [0.25, 0.3) is 0 Å². The fourth-order valence-corrected chi connectivity index (χ4v) is 3.07. The van der Waals surface area contributed by atoms with Gasteiger partial charge in [0.2, 0.25) is 10.0 Å². The van der Waals surface area contributed by atoms with E-state index >= 15 is 0 Å². The fourth-order valence-electron chi connectivity index (χ4n) is 1.94. The summed E-state index contributed by atoms with van der Waals surface area (Å²) in [6.45, 7) is 0.0222. The van der Waals surface area contributed by atoms with E-state index in [2.05, 4.69) is 4.72 Å². The summed E-state index contributed by atoms with van der Waals surface area (Å²) in [5.41, 5.74) is 1.20. The van der Waals surface area contributed by atoms with Crippen molar-refractivity contribution >= 4 is 27.6 Å². The molecular formula is C15H14ClNO4S. The second-order valence-corrected chi connectivity index (χ2v) is 6.82. The average molecular weight is 340 g/mol. The molecule has 0 aliphatic heterocycles. The summed E-state index contributed by atoms with van der Waals surface area (Å²) < 4.78 is 26.8. The standard InChI is InChI=1S/C15H14ClNO4S/c16-13-5-7-14(8-6-13)22(20,21)17-10-12-4-2-1-3-11(12)9-15(18)19/h1-8,17H,9-10H2,(H,18,19). The minimum Gasteiger partial charge on any atom is -0.481 e. The molecule has 0 aromatic heterocycles. The summed E-state index contributed by atoms with van der Waals surface area (Å²) in [6.07, 6.45) is -0.154. The van der Waals surface area contributed by atoms with Gasteiger partial charge in [-0.05, 0) is 35.4 Å². The van der Waals surface area contributed by atoms with Crippen LogP contribution in [0.1, 0.15) is 11.1 Å². The van der Waals surface area contributed by atoms with E-state index in [9.17, 15) is 13.2 Å². The minimum absolute atomic E-state index is 0.0222. The van der Waals surface area contributed by atoms with Crippen LogP contribution in [-0.2, 0) is 27.8 Å². The first kappa shape index (κ1) is 16.5. The van der Waals surface area contributed by atoms with Crippen LogP contribution in [0, 0.1) is 0 Å². The first-order valence-corrected chi connectivity index (χ1v) is 8.28. The summed E-state index contributed by atoms with van der Waals surface area (Å²) >= 11 is 5.73. The van der Waals surface area contributed by atoms with Crippen molar-refractivity contribution in [3.8, 4) is 0 Å². The molecule has 2 aromatic carbocycles. The Kier molecular flexibility index (Phi) is 5.18. The van der Waals surface area contributed by atoms with Gasteiger partial charge in [-0.15, -0.1) is 0 Å². The highest BCUT2D eigenvalue weighted by atomic mass is 35.5. The minimum atomic E-state index is -3.68. The molecule has 116 valence electrons. The molecule has 2 aromatic rings. The average Bonchev–Trinajstić information content (AvgIpc) is 2.46. The number of benzene rings is 2. The molecule has 5 nitrogen and oxygen atoms in total. The molecule has 2 N–H and O–H groups in total. The highest BCUT2D eigenvalue weighted by molar-refractivity contribution is 7.89. The van der Waals surface area contributed by atoms with E-state index < -0.39 is 16.0 Å². The van der Waals surface area contributed by atoms with Crippen LogP contribution >= 0.6 is 11.6 Å². The van der Waals surface area contributed by atoms with E-state index in [0.717, 1.165) is 0 Å². The van der Waals surface area contributed by atoms with Gasteiger partial charge in [-0.2, -0.15) is 0 Å². The largest absolute Gasteiger partial charge is 0.481 e. The first-order chi connectivity index (χ1) is 10.4. The van der Waals surface area contributed by atoms with Crippen molar-refractivity contribution in [2.75, 3.05) is 0 Å². The predicted molar refractivity (Wildman–Crippen MR) is 83.3 cm³/mol. The normalized spacial score (nSPS) is 11.3. The van der Waals surface area contributed by atoms with Crippen molar-refractivity contribution in [3.63, 3.8) is 0 Å². The number of rotatable bonds is 6. The molecule has 7 heteroatoms. The zero-order chi connectivity index (χ0) is 16.2. The number of hydrogen-bond donors (Lipinski definition) is 2. The molecular weight excluding hydrogens is 326 g/mol. The van der Waals surface area contributed by atoms with Crippen LogP contribution in [-0.4, -0.2) is 19.5 Å². The molecule has 0 aliphatic rings. The van der Waals surface area contributed by atoms with Crippen molar-refractivity contribution in [2.45, 2.75) is 17.9 Å². The molecule has 2 rings (SSSR count). The second-order valence-electron chi connectivity index (χ2n) is 4.62. The summed E-state index contributed by atoms with van der Waals surface area (Å²) in [5, 5.41) is 9.32. The van der Waals surface area contributed by atoms with Gasteiger partial charge in [-0.3, -0.25) is 4.79 Å². The summed E-state index contributed by atoms with van der Waals surface area (Å²) in [5.74, 6) is -0.965. The molecule has 0 unspecified atom stereocenters. The van der Waals surface area contributed by atoms with Gasteiger partial charge in [0.05, 0.1) is 11.3 Å². The van der Waals surface area contributed by atoms with E-state index in [1.54, 1.807) is 24.3 Å². The monoisotopic (exact) mass is 339 g/mol. The SMILES string of the molecule is O=C(O)Cc1ccccc1CNS(=O)(=O)c1ccc(Cl)cc1. The Hall–Kier alpha value is -1.89. The summed E-state index contributed by atoms with van der Waals surface area (Å²) in [4.78, 5) is 10.9. The lowest BCUT2D eigenvalue weighted by atomic mass is 10.1. The molecule has 22 heavy (non-hydrogen) atoms. The van der Waals surface area contributed by atoms with E-state index in [0.29, 0.717) is 16.1 Å². The lowest BCUT2D eigenvalue weighted by Gasteiger charge is -2.10. The third-order valence-corrected chi connectivity index (χ3v) is 4.71. The number of sulfonamides is 1. The second kappa shape index (κ2) is 6.91. The van der Waals surface area contributed by atoms with Gasteiger partial charge in [0, 0.05) is 11.6 Å². The Morgan fingerprint density at radius 2 is 1.64 bits per heavy atom. The van der Waals surface area contributed by atoms with Gasteiger partial charge in [0.1, 0.15) is 0 Å². The number of aliphatic carboxylic acids is 1. The molecule has 0 radical (unpaired) electrons. The predicted octanol–water partition coefficient (Wildman–Crippen LogP) is 2.45. The van der Waals surface area contributed by atoms with Gasteiger partial charge in [0.15, 0.2) is 0 Å². The Labute approximate surface area is 133 Å². The molecule has 0 amide bonds. The zero-order valence-electron chi connectivity index (χ0n) is 11.5. The molecule has 0 spiro atoms. The lowest BCUT2D eigenvalue weighted by molar-refractivity contribution is -0.136. The number of halogens is 1. The van der Waals surface area contributed by atoms with Crippen molar-refractivity contribution in [3.05, 3.63) is 64.7 Å². The zero-order valence-corrected chi connectivity index (χ0v) is 13.1. The van der Waals surface area contributed by atoms with Crippen LogP contribution in [0.3, 0.4) is 0 Å². The number of carboxylic acids is 1. The Bertz CT molecular complexity index is 772. The van der Waals surface area contributed by atoms with Gasteiger partial charge in [-0.25, -0.2) is 13.1 Å². The quantitative estimate of drug-likeness (QED) is 0.846. The number of nitrogens with one attached hydrogen (secondary N) is 1. The molecule has 0 fully saturated rings. The fraction of sp³-hybridized carbons (Fsp3) is 0.133. The summed E-state index contributed by atoms with van der Waals surface area (Å²) in [7, 11) is -3.68. The Morgan fingerprint density at radius 1 is 1.05 bits per heavy atom. The Balaban J connectivity index is 2.15. The maximum absolute atomic E-state index is 12.2. The summed E-state index contributed by atoms with van der Waals surface area (Å²) in [6, 6.07) is 12.6. The van der Waals surface area contributed by atoms with Gasteiger partial charge >= 0.3 is 5.97 Å². The number of carboxylic acid groups (broad SMARTS) is 1. The van der Waals surface area contributed by atoms with Crippen molar-refractivity contribution in [2.24, 2.45) is 0 Å². The third kappa shape index (κ3) is 4.30. The highest BCUT2D eigenvalue weighted by Crippen LogP contribution is 2.15. The maximum Gasteiger partial charge on any atom is 0.307 e. The smallest absolute Gasteiger partial charge is 0.307 e. The first-order valence-electron chi connectivity index (χ1n) is 6.42. The van der Waals surface area contributed by atoms with Gasteiger partial charge in [0.25, 0.3) is 0 Å². The molecule has 0 aliphatic carbocycles. The van der Waals surface area contributed by atoms with E-state index in [1.165, 1.54) is 24.3 Å². The van der Waals surface area contributed by atoms with Crippen molar-refractivity contribution in [1.29, 1.82) is 0 Å². The lowest BCUT2D eigenvalue weighted by Crippen LogP contribution is -2.24. The van der Waals surface area contributed by atoms with Crippen LogP contribution in [0.2, 0.25) is 5.02 Å². The molecule has 0 saturated carbocycles. The topological polar surface area (TPSA) is 83.5 Å². The third-order valence-electron chi connectivity index (χ3n) is 3.04. The number of hydrogen-bond acceptors (Lipinski definition) is 3. The van der Waals surface area contributed by atoms with Gasteiger partial charge < -0.3 is 5.11 Å². The van der Waals surface area contributed by atoms with Crippen LogP contribution < -0.4 is 4.72 Å². The van der Waals surface area contributed by atoms with E-state index in [4.69, 9.17) is 16.7 Å². The molecule has 0 bridgehead atoms. The van der Waals surface area contributed by atoms with Crippen molar-refractivity contribution in [1.82, 2.24) is 4.72 Å². The maximum atomic E-state index is 12.2.